The van der Waals surface area contributed by atoms with E-state index in [1.54, 1.807) is 12.3 Å². The number of hydrogen-bond donors (Lipinski definition) is 1. The molecule has 0 saturated heterocycles. The molecule has 0 radical (unpaired) electrons. The zero-order valence-corrected chi connectivity index (χ0v) is 20.2. The van der Waals surface area contributed by atoms with Crippen molar-refractivity contribution in [2.45, 2.75) is 0 Å². The zero-order chi connectivity index (χ0) is 23.3. The van der Waals surface area contributed by atoms with Crippen LogP contribution in [0, 0.1) is 0 Å². The number of hydrogen-bond acceptors (Lipinski definition) is 6. The predicted octanol–water partition coefficient (Wildman–Crippen LogP) is 6.23. The Kier molecular flexibility index (Phi) is 6.42. The van der Waals surface area contributed by atoms with Gasteiger partial charge in [-0.3, -0.25) is 10.2 Å². The lowest BCUT2D eigenvalue weighted by atomic mass is 10.1. The van der Waals surface area contributed by atoms with Gasteiger partial charge in [-0.1, -0.05) is 70.5 Å². The largest absolute Gasteiger partial charge is 0.271 e. The summed E-state index contributed by atoms with van der Waals surface area (Å²) in [6.45, 7) is 0. The van der Waals surface area contributed by atoms with Gasteiger partial charge in [0.1, 0.15) is 0 Å². The molecule has 0 atom stereocenters. The van der Waals surface area contributed by atoms with Crippen molar-refractivity contribution in [3.05, 3.63) is 117 Å². The van der Waals surface area contributed by atoms with Gasteiger partial charge in [-0.2, -0.15) is 14.9 Å². The number of halogens is 1. The first-order chi connectivity index (χ1) is 16.7. The first-order valence-electron chi connectivity index (χ1n) is 10.4. The Morgan fingerprint density at radius 3 is 2.35 bits per heavy atom. The summed E-state index contributed by atoms with van der Waals surface area (Å²) in [7, 11) is 0. The van der Waals surface area contributed by atoms with E-state index in [9.17, 15) is 4.79 Å². The molecule has 34 heavy (non-hydrogen) atoms. The molecule has 6 nitrogen and oxygen atoms in total. The maximum Gasteiger partial charge on any atom is 0.271 e. The number of thiazole rings is 1. The van der Waals surface area contributed by atoms with E-state index in [4.69, 9.17) is 0 Å². The Labute approximate surface area is 208 Å². The van der Waals surface area contributed by atoms with Crippen molar-refractivity contribution >= 4 is 38.6 Å². The summed E-state index contributed by atoms with van der Waals surface area (Å²) < 4.78 is 2.44. The van der Waals surface area contributed by atoms with Crippen molar-refractivity contribution in [3.63, 3.8) is 0 Å². The van der Waals surface area contributed by atoms with Gasteiger partial charge in [0.15, 0.2) is 0 Å². The molecule has 0 amide bonds. The normalized spacial score (nSPS) is 11.1. The number of anilines is 1. The summed E-state index contributed by atoms with van der Waals surface area (Å²) in [5.74, 6) is 0. The molecule has 0 saturated carbocycles. The minimum atomic E-state index is -0.187. The molecule has 0 aliphatic heterocycles. The van der Waals surface area contributed by atoms with Crippen molar-refractivity contribution in [3.8, 4) is 28.2 Å². The molecule has 0 aliphatic carbocycles. The second-order valence-corrected chi connectivity index (χ2v) is 9.11. The number of aromatic nitrogens is 3. The molecule has 3 aromatic carbocycles. The first kappa shape index (κ1) is 21.9. The van der Waals surface area contributed by atoms with E-state index in [1.165, 1.54) is 22.1 Å². The lowest BCUT2D eigenvalue weighted by Crippen LogP contribution is -2.20. The molecule has 8 heteroatoms. The van der Waals surface area contributed by atoms with E-state index in [1.807, 2.05) is 84.2 Å². The molecule has 1 N–H and O–H groups in total. The zero-order valence-electron chi connectivity index (χ0n) is 17.8. The van der Waals surface area contributed by atoms with Gasteiger partial charge in [-0.25, -0.2) is 4.98 Å². The summed E-state index contributed by atoms with van der Waals surface area (Å²) >= 11 is 4.93. The number of rotatable bonds is 6. The van der Waals surface area contributed by atoms with Gasteiger partial charge < -0.3 is 0 Å². The molecule has 5 rings (SSSR count). The average molecular weight is 528 g/mol. The number of benzene rings is 3. The quantitative estimate of drug-likeness (QED) is 0.210. The van der Waals surface area contributed by atoms with Crippen molar-refractivity contribution in [2.24, 2.45) is 5.10 Å². The predicted molar refractivity (Wildman–Crippen MR) is 142 cm³/mol. The Morgan fingerprint density at radius 2 is 1.59 bits per heavy atom. The topological polar surface area (TPSA) is 72.2 Å². The molecule has 0 bridgehead atoms. The van der Waals surface area contributed by atoms with E-state index < -0.39 is 0 Å². The minimum Gasteiger partial charge on any atom is -0.267 e. The SMILES string of the molecule is O=c1ccc(-c2ccccc2)nn1-c1ccc(C=NNc2nc(-c3ccc(Br)cc3)cs2)cc1. The molecule has 0 unspecified atom stereocenters. The van der Waals surface area contributed by atoms with Gasteiger partial charge in [-0.15, -0.1) is 11.3 Å². The minimum absolute atomic E-state index is 0.187. The highest BCUT2D eigenvalue weighted by Gasteiger charge is 2.06. The van der Waals surface area contributed by atoms with Crippen LogP contribution in [0.3, 0.4) is 0 Å². The average Bonchev–Trinajstić information content (AvgIpc) is 3.35. The van der Waals surface area contributed by atoms with Crippen molar-refractivity contribution in [1.82, 2.24) is 14.8 Å². The van der Waals surface area contributed by atoms with E-state index in [2.05, 4.69) is 36.5 Å². The summed E-state index contributed by atoms with van der Waals surface area (Å²) in [5, 5.41) is 11.5. The van der Waals surface area contributed by atoms with Gasteiger partial charge in [-0.05, 0) is 35.9 Å². The second kappa shape index (κ2) is 9.94. The van der Waals surface area contributed by atoms with Crippen molar-refractivity contribution < 1.29 is 0 Å². The second-order valence-electron chi connectivity index (χ2n) is 7.34. The van der Waals surface area contributed by atoms with E-state index >= 15 is 0 Å². The Morgan fingerprint density at radius 1 is 0.853 bits per heavy atom. The third kappa shape index (κ3) is 5.03. The molecular formula is C26H18BrN5OS. The highest BCUT2D eigenvalue weighted by atomic mass is 79.9. The van der Waals surface area contributed by atoms with Crippen LogP contribution in [-0.2, 0) is 0 Å². The standard InChI is InChI=1S/C26H18BrN5OS/c27-21-10-8-20(9-11-21)24-17-34-26(29-24)30-28-16-18-6-12-22(13-7-18)32-25(33)15-14-23(31-32)19-4-2-1-3-5-19/h1-17H,(H,29,30). The van der Waals surface area contributed by atoms with Gasteiger partial charge >= 0.3 is 0 Å². The van der Waals surface area contributed by atoms with Crippen LogP contribution in [0.25, 0.3) is 28.2 Å². The van der Waals surface area contributed by atoms with Crippen LogP contribution in [0.2, 0.25) is 0 Å². The fourth-order valence-corrected chi connectivity index (χ4v) is 4.23. The lowest BCUT2D eigenvalue weighted by Gasteiger charge is -2.07. The molecule has 2 aromatic heterocycles. The van der Waals surface area contributed by atoms with E-state index in [0.29, 0.717) is 10.8 Å². The van der Waals surface area contributed by atoms with Gasteiger partial charge in [0.2, 0.25) is 5.13 Å². The lowest BCUT2D eigenvalue weighted by molar-refractivity contribution is 0.812. The fourth-order valence-electron chi connectivity index (χ4n) is 3.30. The van der Waals surface area contributed by atoms with Crippen LogP contribution >= 0.6 is 27.3 Å². The summed E-state index contributed by atoms with van der Waals surface area (Å²) in [5.41, 5.74) is 8.00. The summed E-state index contributed by atoms with van der Waals surface area (Å²) in [4.78, 5) is 17.0. The molecule has 0 fully saturated rings. The highest BCUT2D eigenvalue weighted by molar-refractivity contribution is 9.10. The van der Waals surface area contributed by atoms with Crippen molar-refractivity contribution in [1.29, 1.82) is 0 Å². The van der Waals surface area contributed by atoms with Crippen LogP contribution in [-0.4, -0.2) is 21.0 Å². The molecular weight excluding hydrogens is 510 g/mol. The molecule has 0 spiro atoms. The maximum atomic E-state index is 12.4. The van der Waals surface area contributed by atoms with E-state index in [-0.39, 0.29) is 5.56 Å². The van der Waals surface area contributed by atoms with Crippen molar-refractivity contribution in [2.75, 3.05) is 5.43 Å². The first-order valence-corrected chi connectivity index (χ1v) is 12.1. The summed E-state index contributed by atoms with van der Waals surface area (Å²) in [6, 6.07) is 28.5. The van der Waals surface area contributed by atoms with Crippen LogP contribution in [0.5, 0.6) is 0 Å². The Balaban J connectivity index is 1.28. The Bertz CT molecular complexity index is 1490. The third-order valence-corrected chi connectivity index (χ3v) is 6.30. The van der Waals surface area contributed by atoms with Crippen LogP contribution < -0.4 is 11.0 Å². The van der Waals surface area contributed by atoms with Crippen LogP contribution in [0.1, 0.15) is 5.56 Å². The van der Waals surface area contributed by atoms with Gasteiger partial charge in [0.05, 0.1) is 23.3 Å². The smallest absolute Gasteiger partial charge is 0.267 e. The van der Waals surface area contributed by atoms with E-state index in [0.717, 1.165) is 32.6 Å². The van der Waals surface area contributed by atoms with Gasteiger partial charge in [0, 0.05) is 27.0 Å². The maximum absolute atomic E-state index is 12.4. The molecule has 5 aromatic rings. The number of nitrogens with one attached hydrogen (secondary N) is 1. The molecule has 0 aliphatic rings. The highest BCUT2D eigenvalue weighted by Crippen LogP contribution is 2.26. The monoisotopic (exact) mass is 527 g/mol. The van der Waals surface area contributed by atoms with Gasteiger partial charge in [0.25, 0.3) is 5.56 Å². The molecule has 166 valence electrons. The third-order valence-electron chi connectivity index (χ3n) is 5.03. The Hall–Kier alpha value is -3.88. The van der Waals surface area contributed by atoms with Crippen LogP contribution in [0.4, 0.5) is 5.13 Å². The fraction of sp³-hybridized carbons (Fsp3) is 0. The van der Waals surface area contributed by atoms with Crippen LogP contribution in [0.15, 0.2) is 111 Å². The molecule has 2 heterocycles. The number of hydrazone groups is 1. The number of nitrogens with zero attached hydrogens (tertiary/aromatic N) is 4. The summed E-state index contributed by atoms with van der Waals surface area (Å²) in [6.07, 6.45) is 1.71.